The highest BCUT2D eigenvalue weighted by Crippen LogP contribution is 2.44. The number of carbonyl (C=O) groups excluding carboxylic acids is 4. The van der Waals surface area contributed by atoms with Crippen LogP contribution in [-0.2, 0) is 16.1 Å². The summed E-state index contributed by atoms with van der Waals surface area (Å²) >= 11 is 1.54. The summed E-state index contributed by atoms with van der Waals surface area (Å²) in [4.78, 5) is 57.1. The summed E-state index contributed by atoms with van der Waals surface area (Å²) in [6.45, 7) is 8.13. The van der Waals surface area contributed by atoms with Crippen LogP contribution < -0.4 is 15.4 Å². The maximum atomic E-state index is 14.2. The number of carbonyl (C=O) groups is 4. The van der Waals surface area contributed by atoms with Crippen LogP contribution in [0.2, 0.25) is 0 Å². The Morgan fingerprint density at radius 2 is 1.77 bits per heavy atom. The van der Waals surface area contributed by atoms with Crippen molar-refractivity contribution < 1.29 is 33.4 Å². The molecule has 1 aliphatic heterocycles. The molecule has 0 saturated heterocycles. The Balaban J connectivity index is 1.42. The number of methoxy groups -OCH3 is 1. The lowest BCUT2D eigenvalue weighted by molar-refractivity contribution is 0.0542. The van der Waals surface area contributed by atoms with Crippen molar-refractivity contribution in [1.82, 2.24) is 14.9 Å². The van der Waals surface area contributed by atoms with Crippen molar-refractivity contribution in [3.05, 3.63) is 88.0 Å². The lowest BCUT2D eigenvalue weighted by atomic mass is 9.91. The van der Waals surface area contributed by atoms with E-state index in [0.29, 0.717) is 41.2 Å². The van der Waals surface area contributed by atoms with E-state index >= 15 is 0 Å². The Kier molecular flexibility index (Phi) is 8.76. The Morgan fingerprint density at radius 3 is 2.52 bits per heavy atom. The second-order valence-corrected chi connectivity index (χ2v) is 13.0. The third kappa shape index (κ3) is 6.39. The van der Waals surface area contributed by atoms with Gasteiger partial charge in [-0.15, -0.1) is 0 Å². The first-order valence-electron chi connectivity index (χ1n) is 15.4. The minimum absolute atomic E-state index is 0.0438. The number of aromatic nitrogens is 2. The van der Waals surface area contributed by atoms with Gasteiger partial charge in [0.05, 0.1) is 12.6 Å². The van der Waals surface area contributed by atoms with Gasteiger partial charge in [-0.3, -0.25) is 14.2 Å². The molecule has 12 heteroatoms. The maximum absolute atomic E-state index is 14.2. The van der Waals surface area contributed by atoms with Crippen molar-refractivity contribution in [3.63, 3.8) is 0 Å². The van der Waals surface area contributed by atoms with Crippen LogP contribution in [0.5, 0.6) is 5.75 Å². The fraction of sp³-hybridized carbons (Fsp3) is 0.250. The molecule has 11 nitrogen and oxygen atoms in total. The van der Waals surface area contributed by atoms with E-state index in [2.05, 4.69) is 15.6 Å². The van der Waals surface area contributed by atoms with Crippen molar-refractivity contribution in [2.75, 3.05) is 19.0 Å². The molecule has 1 aliphatic rings. The minimum atomic E-state index is -0.764. The van der Waals surface area contributed by atoms with Crippen LogP contribution in [0, 0.1) is 0 Å². The van der Waals surface area contributed by atoms with Crippen LogP contribution in [0.4, 0.5) is 10.5 Å². The highest BCUT2D eigenvalue weighted by atomic mass is 32.1. The molecule has 0 bridgehead atoms. The van der Waals surface area contributed by atoms with Gasteiger partial charge in [-0.05, 0) is 86.5 Å². The Labute approximate surface area is 280 Å². The number of benzene rings is 2. The van der Waals surface area contributed by atoms with Gasteiger partial charge in [0.25, 0.3) is 11.8 Å². The van der Waals surface area contributed by atoms with Gasteiger partial charge >= 0.3 is 12.1 Å². The molecule has 0 aliphatic carbocycles. The summed E-state index contributed by atoms with van der Waals surface area (Å²) in [7, 11) is 1.23. The Bertz CT molecular complexity index is 2090. The van der Waals surface area contributed by atoms with Crippen molar-refractivity contribution in [2.24, 2.45) is 0 Å². The van der Waals surface area contributed by atoms with Crippen molar-refractivity contribution in [1.29, 1.82) is 0 Å². The molecule has 0 atom stereocenters. The molecule has 0 saturated carbocycles. The van der Waals surface area contributed by atoms with Crippen LogP contribution in [0.25, 0.3) is 33.2 Å². The standard InChI is InChI=1S/C36H34N4O7S/c1-6-12-37-33(42)28-9-8-23(31(39-28)34(43)45-5)24-16-30-25(27-19-48-18-21(27)17-46-30)15-26(24)32(41)38-22-7-10-29-20(14-22)11-13-40(29)35(44)47-36(2,3)4/h7-11,13-16,18-19H,6,12,17H2,1-5H3,(H,37,42)(H,38,41). The first-order chi connectivity index (χ1) is 23.0. The number of fused-ring (bicyclic) bond motifs is 4. The Morgan fingerprint density at radius 1 is 0.958 bits per heavy atom. The molecule has 6 rings (SSSR count). The smallest absolute Gasteiger partial charge is 0.418 e. The second-order valence-electron chi connectivity index (χ2n) is 12.2. The van der Waals surface area contributed by atoms with E-state index in [1.54, 1.807) is 69.4 Å². The third-order valence-electron chi connectivity index (χ3n) is 7.65. The van der Waals surface area contributed by atoms with E-state index in [0.717, 1.165) is 28.5 Å². The predicted molar refractivity (Wildman–Crippen MR) is 183 cm³/mol. The average molecular weight is 667 g/mol. The van der Waals surface area contributed by atoms with Gasteiger partial charge in [-0.2, -0.15) is 11.3 Å². The zero-order chi connectivity index (χ0) is 34.2. The van der Waals surface area contributed by atoms with E-state index in [1.807, 2.05) is 17.7 Å². The number of pyridine rings is 1. The molecular weight excluding hydrogens is 632 g/mol. The number of nitrogens with one attached hydrogen (secondary N) is 2. The third-order valence-corrected chi connectivity index (χ3v) is 8.44. The van der Waals surface area contributed by atoms with Crippen molar-refractivity contribution in [2.45, 2.75) is 46.3 Å². The number of rotatable bonds is 7. The van der Waals surface area contributed by atoms with Crippen LogP contribution >= 0.6 is 11.3 Å². The summed E-state index contributed by atoms with van der Waals surface area (Å²) < 4.78 is 18.1. The molecule has 5 aromatic rings. The minimum Gasteiger partial charge on any atom is -0.488 e. The number of esters is 1. The first-order valence-corrected chi connectivity index (χ1v) is 16.3. The van der Waals surface area contributed by atoms with Crippen LogP contribution in [0.15, 0.2) is 65.5 Å². The van der Waals surface area contributed by atoms with Gasteiger partial charge in [0, 0.05) is 57.2 Å². The van der Waals surface area contributed by atoms with E-state index in [9.17, 15) is 19.2 Å². The lowest BCUT2D eigenvalue weighted by Gasteiger charge is -2.22. The average Bonchev–Trinajstić information content (AvgIpc) is 3.72. The summed E-state index contributed by atoms with van der Waals surface area (Å²) in [5, 5.41) is 10.5. The summed E-state index contributed by atoms with van der Waals surface area (Å²) in [6, 6.07) is 13.5. The molecule has 0 radical (unpaired) electrons. The van der Waals surface area contributed by atoms with E-state index in [1.165, 1.54) is 29.1 Å². The molecule has 0 spiro atoms. The van der Waals surface area contributed by atoms with Crippen LogP contribution in [-0.4, -0.2) is 52.7 Å². The predicted octanol–water partition coefficient (Wildman–Crippen LogP) is 7.29. The quantitative estimate of drug-likeness (QED) is 0.173. The van der Waals surface area contributed by atoms with E-state index in [-0.39, 0.29) is 17.0 Å². The maximum Gasteiger partial charge on any atom is 0.418 e. The number of nitrogens with zero attached hydrogens (tertiary/aromatic N) is 2. The molecule has 2 amide bonds. The molecule has 3 aromatic heterocycles. The largest absolute Gasteiger partial charge is 0.488 e. The number of hydrogen-bond acceptors (Lipinski definition) is 9. The van der Waals surface area contributed by atoms with E-state index < -0.39 is 29.5 Å². The highest BCUT2D eigenvalue weighted by Gasteiger charge is 2.28. The van der Waals surface area contributed by atoms with Gasteiger partial charge < -0.3 is 24.8 Å². The zero-order valence-electron chi connectivity index (χ0n) is 27.1. The molecular formula is C36H34N4O7S. The number of amides is 2. The first kappa shape index (κ1) is 32.5. The molecule has 4 heterocycles. The fourth-order valence-electron chi connectivity index (χ4n) is 5.42. The summed E-state index contributed by atoms with van der Waals surface area (Å²) in [5.41, 5.74) is 3.99. The van der Waals surface area contributed by atoms with Crippen molar-refractivity contribution >= 4 is 51.8 Å². The SMILES string of the molecule is CCCNC(=O)c1ccc(-c2cc3c(cc2C(=O)Nc2ccc4c(ccn4C(=O)OC(C)(C)C)c2)-c2cscc2CO3)c(C(=O)OC)n1. The number of thiophene rings is 1. The zero-order valence-corrected chi connectivity index (χ0v) is 27.9. The monoisotopic (exact) mass is 666 g/mol. The lowest BCUT2D eigenvalue weighted by Crippen LogP contribution is -2.26. The number of hydrogen-bond donors (Lipinski definition) is 2. The molecule has 2 N–H and O–H groups in total. The number of anilines is 1. The summed E-state index contributed by atoms with van der Waals surface area (Å²) in [5.74, 6) is -1.11. The molecule has 0 unspecified atom stereocenters. The van der Waals surface area contributed by atoms with Gasteiger partial charge in [0.2, 0.25) is 0 Å². The molecule has 48 heavy (non-hydrogen) atoms. The molecule has 2 aromatic carbocycles. The highest BCUT2D eigenvalue weighted by molar-refractivity contribution is 7.08. The molecule has 246 valence electrons. The fourth-order valence-corrected chi connectivity index (χ4v) is 6.26. The van der Waals surface area contributed by atoms with Gasteiger partial charge in [-0.25, -0.2) is 14.6 Å². The summed E-state index contributed by atoms with van der Waals surface area (Å²) in [6.07, 6.45) is 1.85. The second kappa shape index (κ2) is 13.0. The normalized spacial score (nSPS) is 12.0. The van der Waals surface area contributed by atoms with Crippen LogP contribution in [0.1, 0.15) is 71.0 Å². The Hall–Kier alpha value is -5.49. The van der Waals surface area contributed by atoms with E-state index in [4.69, 9.17) is 14.2 Å². The van der Waals surface area contributed by atoms with Gasteiger partial charge in [0.1, 0.15) is 23.7 Å². The number of ether oxygens (including phenoxy) is 3. The topological polar surface area (TPSA) is 138 Å². The van der Waals surface area contributed by atoms with Gasteiger partial charge in [0.15, 0.2) is 5.69 Å². The van der Waals surface area contributed by atoms with Gasteiger partial charge in [-0.1, -0.05) is 6.92 Å². The molecule has 0 fully saturated rings. The van der Waals surface area contributed by atoms with Crippen LogP contribution in [0.3, 0.4) is 0 Å². The van der Waals surface area contributed by atoms with Crippen molar-refractivity contribution in [3.8, 4) is 28.0 Å².